The number of nitrogens with two attached hydrogens (primary N) is 1. The number of nitrogens with zero attached hydrogens (tertiary/aromatic N) is 1. The minimum absolute atomic E-state index is 0.124. The van der Waals surface area contributed by atoms with Crippen LogP contribution in [0.4, 0.5) is 0 Å². The lowest BCUT2D eigenvalue weighted by atomic mass is 10.1. The highest BCUT2D eigenvalue weighted by Gasteiger charge is 2.28. The molecule has 1 saturated heterocycles. The summed E-state index contributed by atoms with van der Waals surface area (Å²) in [7, 11) is 0. The number of carbonyl (C=O) groups excluding carboxylic acids is 1. The highest BCUT2D eigenvalue weighted by atomic mass is 32.2. The van der Waals surface area contributed by atoms with Crippen LogP contribution in [0, 0.1) is 0 Å². The van der Waals surface area contributed by atoms with Crippen molar-refractivity contribution in [1.82, 2.24) is 4.90 Å². The van der Waals surface area contributed by atoms with Gasteiger partial charge < -0.3 is 10.6 Å². The van der Waals surface area contributed by atoms with Crippen LogP contribution in [0.5, 0.6) is 0 Å². The van der Waals surface area contributed by atoms with Gasteiger partial charge in [0.2, 0.25) is 0 Å². The second-order valence-corrected chi connectivity index (χ2v) is 5.53. The van der Waals surface area contributed by atoms with E-state index in [1.807, 2.05) is 29.2 Å². The molecular formula is C14H20N2OS. The number of amides is 1. The van der Waals surface area contributed by atoms with Gasteiger partial charge >= 0.3 is 0 Å². The second kappa shape index (κ2) is 6.25. The molecule has 3 nitrogen and oxygen atoms in total. The van der Waals surface area contributed by atoms with E-state index in [0.29, 0.717) is 6.54 Å². The van der Waals surface area contributed by atoms with Crippen molar-refractivity contribution in [2.75, 3.05) is 19.3 Å². The van der Waals surface area contributed by atoms with Crippen molar-refractivity contribution in [3.63, 3.8) is 0 Å². The molecule has 1 atom stereocenters. The van der Waals surface area contributed by atoms with Crippen LogP contribution in [0.2, 0.25) is 0 Å². The molecule has 18 heavy (non-hydrogen) atoms. The smallest absolute Gasteiger partial charge is 0.254 e. The lowest BCUT2D eigenvalue weighted by molar-refractivity contribution is 0.0741. The van der Waals surface area contributed by atoms with E-state index in [4.69, 9.17) is 5.73 Å². The van der Waals surface area contributed by atoms with Crippen molar-refractivity contribution in [3.05, 3.63) is 35.4 Å². The molecule has 1 aromatic rings. The topological polar surface area (TPSA) is 46.3 Å². The van der Waals surface area contributed by atoms with Crippen LogP contribution in [-0.2, 0) is 5.75 Å². The number of hydrogen-bond acceptors (Lipinski definition) is 3. The number of likely N-dealkylation sites (tertiary alicyclic amines) is 1. The fraction of sp³-hybridized carbons (Fsp3) is 0.500. The van der Waals surface area contributed by atoms with Gasteiger partial charge in [0.1, 0.15) is 0 Å². The van der Waals surface area contributed by atoms with E-state index in [1.165, 1.54) is 5.56 Å². The maximum Gasteiger partial charge on any atom is 0.254 e. The number of rotatable bonds is 4. The predicted octanol–water partition coefficient (Wildman–Crippen LogP) is 2.11. The van der Waals surface area contributed by atoms with E-state index in [9.17, 15) is 4.79 Å². The van der Waals surface area contributed by atoms with E-state index in [0.717, 1.165) is 30.7 Å². The van der Waals surface area contributed by atoms with Crippen molar-refractivity contribution in [3.8, 4) is 0 Å². The van der Waals surface area contributed by atoms with Crippen LogP contribution in [-0.4, -0.2) is 36.2 Å². The quantitative estimate of drug-likeness (QED) is 0.906. The van der Waals surface area contributed by atoms with Crippen LogP contribution in [0.15, 0.2) is 24.3 Å². The molecule has 4 heteroatoms. The summed E-state index contributed by atoms with van der Waals surface area (Å²) in [6.07, 6.45) is 4.18. The van der Waals surface area contributed by atoms with Gasteiger partial charge in [-0.1, -0.05) is 12.1 Å². The van der Waals surface area contributed by atoms with Gasteiger partial charge in [0, 0.05) is 30.4 Å². The van der Waals surface area contributed by atoms with Crippen LogP contribution >= 0.6 is 11.8 Å². The molecule has 1 unspecified atom stereocenters. The van der Waals surface area contributed by atoms with Gasteiger partial charge in [0.25, 0.3) is 5.91 Å². The zero-order valence-corrected chi connectivity index (χ0v) is 11.6. The summed E-state index contributed by atoms with van der Waals surface area (Å²) >= 11 is 1.79. The Labute approximate surface area is 113 Å². The first-order valence-electron chi connectivity index (χ1n) is 6.35. The van der Waals surface area contributed by atoms with Gasteiger partial charge in [-0.3, -0.25) is 4.79 Å². The normalized spacial score (nSPS) is 19.2. The fourth-order valence-corrected chi connectivity index (χ4v) is 2.95. The van der Waals surface area contributed by atoms with Crippen LogP contribution < -0.4 is 5.73 Å². The molecule has 0 saturated carbocycles. The van der Waals surface area contributed by atoms with Crippen LogP contribution in [0.25, 0.3) is 0 Å². The average molecular weight is 264 g/mol. The van der Waals surface area contributed by atoms with Crippen molar-refractivity contribution in [1.29, 1.82) is 0 Å². The van der Waals surface area contributed by atoms with Crippen molar-refractivity contribution in [2.45, 2.75) is 24.6 Å². The summed E-state index contributed by atoms with van der Waals surface area (Å²) in [5.41, 5.74) is 7.75. The van der Waals surface area contributed by atoms with Crippen LogP contribution in [0.1, 0.15) is 28.8 Å². The minimum atomic E-state index is 0.124. The number of hydrogen-bond donors (Lipinski definition) is 1. The molecular weight excluding hydrogens is 244 g/mol. The molecule has 1 amide bonds. The number of thioether (sulfide) groups is 1. The third-order valence-electron chi connectivity index (χ3n) is 3.42. The molecule has 1 fully saturated rings. The molecule has 0 bridgehead atoms. The summed E-state index contributed by atoms with van der Waals surface area (Å²) < 4.78 is 0. The van der Waals surface area contributed by atoms with Gasteiger partial charge in [-0.05, 0) is 36.8 Å². The first-order valence-corrected chi connectivity index (χ1v) is 7.74. The monoisotopic (exact) mass is 264 g/mol. The van der Waals surface area contributed by atoms with Gasteiger partial charge in [0.05, 0.1) is 0 Å². The Morgan fingerprint density at radius 2 is 2.17 bits per heavy atom. The molecule has 1 heterocycles. The van der Waals surface area contributed by atoms with E-state index < -0.39 is 0 Å². The summed E-state index contributed by atoms with van der Waals surface area (Å²) in [5.74, 6) is 1.11. The van der Waals surface area contributed by atoms with Gasteiger partial charge in [-0.25, -0.2) is 0 Å². The molecule has 0 radical (unpaired) electrons. The minimum Gasteiger partial charge on any atom is -0.334 e. The van der Waals surface area contributed by atoms with Gasteiger partial charge in [-0.15, -0.1) is 0 Å². The average Bonchev–Trinajstić information content (AvgIpc) is 2.87. The van der Waals surface area contributed by atoms with Crippen LogP contribution in [0.3, 0.4) is 0 Å². The maximum absolute atomic E-state index is 12.4. The standard InChI is InChI=1S/C14H20N2OS/c1-18-10-11-4-6-12(7-5-11)14(17)16-8-2-3-13(16)9-15/h4-7,13H,2-3,8-10,15H2,1H3. The Bertz CT molecular complexity index is 405. The van der Waals surface area contributed by atoms with E-state index in [-0.39, 0.29) is 11.9 Å². The molecule has 1 aliphatic rings. The SMILES string of the molecule is CSCc1ccc(C(=O)N2CCCC2CN)cc1. The lowest BCUT2D eigenvalue weighted by Gasteiger charge is -2.23. The number of carbonyl (C=O) groups is 1. The third-order valence-corrected chi connectivity index (χ3v) is 4.04. The zero-order chi connectivity index (χ0) is 13.0. The Kier molecular flexibility index (Phi) is 4.66. The summed E-state index contributed by atoms with van der Waals surface area (Å²) in [4.78, 5) is 14.3. The Morgan fingerprint density at radius 3 is 2.78 bits per heavy atom. The molecule has 0 aliphatic carbocycles. The number of benzene rings is 1. The fourth-order valence-electron chi connectivity index (χ4n) is 2.42. The first-order chi connectivity index (χ1) is 8.76. The summed E-state index contributed by atoms with van der Waals surface area (Å²) in [5, 5.41) is 0. The Balaban J connectivity index is 2.08. The first kappa shape index (κ1) is 13.4. The zero-order valence-electron chi connectivity index (χ0n) is 10.8. The summed E-state index contributed by atoms with van der Waals surface area (Å²) in [6.45, 7) is 1.41. The molecule has 2 rings (SSSR count). The molecule has 1 aromatic carbocycles. The Hall–Kier alpha value is -1.00. The molecule has 2 N–H and O–H groups in total. The highest BCUT2D eigenvalue weighted by molar-refractivity contribution is 7.97. The van der Waals surface area contributed by atoms with Gasteiger partial charge in [-0.2, -0.15) is 11.8 Å². The predicted molar refractivity (Wildman–Crippen MR) is 76.8 cm³/mol. The molecule has 0 spiro atoms. The lowest BCUT2D eigenvalue weighted by Crippen LogP contribution is -2.39. The van der Waals surface area contributed by atoms with Gasteiger partial charge in [0.15, 0.2) is 0 Å². The Morgan fingerprint density at radius 1 is 1.44 bits per heavy atom. The van der Waals surface area contributed by atoms with E-state index in [1.54, 1.807) is 11.8 Å². The molecule has 0 aromatic heterocycles. The van der Waals surface area contributed by atoms with Crippen molar-refractivity contribution >= 4 is 17.7 Å². The van der Waals surface area contributed by atoms with Crippen molar-refractivity contribution < 1.29 is 4.79 Å². The second-order valence-electron chi connectivity index (χ2n) is 4.66. The van der Waals surface area contributed by atoms with E-state index in [2.05, 4.69) is 6.26 Å². The maximum atomic E-state index is 12.4. The molecule has 98 valence electrons. The third kappa shape index (κ3) is 2.87. The summed E-state index contributed by atoms with van der Waals surface area (Å²) in [6, 6.07) is 8.16. The largest absolute Gasteiger partial charge is 0.334 e. The highest BCUT2D eigenvalue weighted by Crippen LogP contribution is 2.20. The molecule has 1 aliphatic heterocycles. The van der Waals surface area contributed by atoms with Crippen molar-refractivity contribution in [2.24, 2.45) is 5.73 Å². The van der Waals surface area contributed by atoms with E-state index >= 15 is 0 Å².